The fraction of sp³-hybridized carbons (Fsp3) is 0.0625. The first-order chi connectivity index (χ1) is 11.0. The Morgan fingerprint density at radius 2 is 2.04 bits per heavy atom. The fourth-order valence-corrected chi connectivity index (χ4v) is 3.32. The third-order valence-corrected chi connectivity index (χ3v) is 4.59. The molecule has 2 heterocycles. The lowest BCUT2D eigenvalue weighted by molar-refractivity contribution is -0.255. The largest absolute Gasteiger partial charge is 0.545 e. The molecule has 0 saturated carbocycles. The zero-order valence-electron chi connectivity index (χ0n) is 11.7. The van der Waals surface area contributed by atoms with Gasteiger partial charge in [0.2, 0.25) is 0 Å². The molecule has 7 heteroatoms. The van der Waals surface area contributed by atoms with Crippen LogP contribution in [0.25, 0.3) is 6.08 Å². The SMILES string of the molecule is O=C([O-])c1ccc(/C=C2/SC(=S)N(Cc3ccco3)C2=O)cc1. The van der Waals surface area contributed by atoms with Gasteiger partial charge in [-0.15, -0.1) is 0 Å². The number of carboxylic acids is 1. The van der Waals surface area contributed by atoms with Crippen LogP contribution >= 0.6 is 24.0 Å². The molecule has 1 aromatic heterocycles. The van der Waals surface area contributed by atoms with Gasteiger partial charge in [-0.05, 0) is 29.3 Å². The molecule has 0 bridgehead atoms. The number of rotatable bonds is 4. The summed E-state index contributed by atoms with van der Waals surface area (Å²) in [7, 11) is 0. The lowest BCUT2D eigenvalue weighted by Gasteiger charge is -2.11. The molecule has 0 radical (unpaired) electrons. The van der Waals surface area contributed by atoms with Crippen molar-refractivity contribution < 1.29 is 19.1 Å². The van der Waals surface area contributed by atoms with E-state index in [0.29, 0.717) is 27.1 Å². The van der Waals surface area contributed by atoms with Crippen molar-refractivity contribution in [3.05, 3.63) is 64.5 Å². The fourth-order valence-electron chi connectivity index (χ4n) is 2.06. The van der Waals surface area contributed by atoms with Crippen LogP contribution in [-0.2, 0) is 11.3 Å². The van der Waals surface area contributed by atoms with Crippen molar-refractivity contribution in [1.82, 2.24) is 4.90 Å². The van der Waals surface area contributed by atoms with Gasteiger partial charge in [0.15, 0.2) is 0 Å². The van der Waals surface area contributed by atoms with Crippen molar-refractivity contribution in [2.75, 3.05) is 0 Å². The second-order valence-corrected chi connectivity index (χ2v) is 6.43. The lowest BCUT2D eigenvalue weighted by atomic mass is 10.1. The molecule has 1 fully saturated rings. The van der Waals surface area contributed by atoms with Crippen molar-refractivity contribution in [1.29, 1.82) is 0 Å². The maximum atomic E-state index is 12.4. The number of thiocarbonyl (C=S) groups is 1. The minimum absolute atomic E-state index is 0.0903. The lowest BCUT2D eigenvalue weighted by Crippen LogP contribution is -2.27. The molecule has 0 aliphatic carbocycles. The Hall–Kier alpha value is -2.38. The van der Waals surface area contributed by atoms with Crippen LogP contribution in [0.15, 0.2) is 52.0 Å². The van der Waals surface area contributed by atoms with Gasteiger partial charge in [0, 0.05) is 0 Å². The zero-order chi connectivity index (χ0) is 16.4. The maximum Gasteiger partial charge on any atom is 0.266 e. The Kier molecular flexibility index (Phi) is 4.31. The maximum absolute atomic E-state index is 12.4. The van der Waals surface area contributed by atoms with Crippen molar-refractivity contribution in [3.8, 4) is 0 Å². The van der Waals surface area contributed by atoms with Crippen LogP contribution in [0.3, 0.4) is 0 Å². The Labute approximate surface area is 141 Å². The van der Waals surface area contributed by atoms with Crippen LogP contribution in [0, 0.1) is 0 Å². The predicted molar refractivity (Wildman–Crippen MR) is 88.2 cm³/mol. The summed E-state index contributed by atoms with van der Waals surface area (Å²) in [5.74, 6) is -0.775. The molecule has 1 saturated heterocycles. The Morgan fingerprint density at radius 3 is 2.65 bits per heavy atom. The summed E-state index contributed by atoms with van der Waals surface area (Å²) in [5, 5.41) is 10.7. The molecule has 1 amide bonds. The average Bonchev–Trinajstić information content (AvgIpc) is 3.12. The van der Waals surface area contributed by atoms with Gasteiger partial charge in [-0.3, -0.25) is 9.69 Å². The topological polar surface area (TPSA) is 73.6 Å². The molecule has 0 atom stereocenters. The van der Waals surface area contributed by atoms with Gasteiger partial charge in [0.05, 0.1) is 23.7 Å². The Bertz CT molecular complexity index is 794. The highest BCUT2D eigenvalue weighted by Crippen LogP contribution is 2.33. The number of thioether (sulfide) groups is 1. The molecule has 3 rings (SSSR count). The number of aromatic carboxylic acids is 1. The third-order valence-electron chi connectivity index (χ3n) is 3.21. The first kappa shape index (κ1) is 15.5. The van der Waals surface area contributed by atoms with Gasteiger partial charge in [0.25, 0.3) is 5.91 Å². The number of nitrogens with zero attached hydrogens (tertiary/aromatic N) is 1. The zero-order valence-corrected chi connectivity index (χ0v) is 13.4. The third kappa shape index (κ3) is 3.35. The number of hydrogen-bond acceptors (Lipinski definition) is 6. The van der Waals surface area contributed by atoms with E-state index in [1.54, 1.807) is 36.6 Å². The number of carbonyl (C=O) groups excluding carboxylic acids is 2. The molecule has 1 aromatic carbocycles. The van der Waals surface area contributed by atoms with Gasteiger partial charge in [-0.2, -0.15) is 0 Å². The summed E-state index contributed by atoms with van der Waals surface area (Å²) in [4.78, 5) is 25.1. The van der Waals surface area contributed by atoms with E-state index in [-0.39, 0.29) is 11.5 Å². The molecule has 0 spiro atoms. The normalized spacial score (nSPS) is 16.3. The first-order valence-corrected chi connectivity index (χ1v) is 7.86. The summed E-state index contributed by atoms with van der Waals surface area (Å²) in [6, 6.07) is 9.63. The number of amides is 1. The summed E-state index contributed by atoms with van der Waals surface area (Å²) >= 11 is 6.45. The van der Waals surface area contributed by atoms with Crippen molar-refractivity contribution in [2.45, 2.75) is 6.54 Å². The number of carboxylic acid groups (broad SMARTS) is 1. The number of hydrogen-bond donors (Lipinski definition) is 0. The predicted octanol–water partition coefficient (Wildman–Crippen LogP) is 2.04. The van der Waals surface area contributed by atoms with E-state index < -0.39 is 5.97 Å². The molecular weight excluding hydrogens is 334 g/mol. The summed E-state index contributed by atoms with van der Waals surface area (Å²) in [6.45, 7) is 0.290. The molecule has 116 valence electrons. The number of carbonyl (C=O) groups is 2. The highest BCUT2D eigenvalue weighted by Gasteiger charge is 2.32. The standard InChI is InChI=1S/C16H11NO4S2/c18-14-13(8-10-3-5-11(6-4-10)15(19)20)23-16(22)17(14)9-12-2-1-7-21-12/h1-8H,9H2,(H,19,20)/p-1/b13-8+. The van der Waals surface area contributed by atoms with E-state index in [1.807, 2.05) is 0 Å². The molecule has 1 aliphatic heterocycles. The van der Waals surface area contributed by atoms with Gasteiger partial charge < -0.3 is 14.3 Å². The van der Waals surface area contributed by atoms with E-state index in [2.05, 4.69) is 0 Å². The highest BCUT2D eigenvalue weighted by atomic mass is 32.2. The van der Waals surface area contributed by atoms with Crippen molar-refractivity contribution in [2.24, 2.45) is 0 Å². The van der Waals surface area contributed by atoms with Gasteiger partial charge in [-0.1, -0.05) is 48.2 Å². The van der Waals surface area contributed by atoms with Crippen molar-refractivity contribution in [3.63, 3.8) is 0 Å². The first-order valence-electron chi connectivity index (χ1n) is 6.64. The number of furan rings is 1. The van der Waals surface area contributed by atoms with Gasteiger partial charge >= 0.3 is 0 Å². The summed E-state index contributed by atoms with van der Waals surface area (Å²) in [6.07, 6.45) is 3.22. The molecule has 1 aliphatic rings. The molecular formula is C16H10NO4S2-. The quantitative estimate of drug-likeness (QED) is 0.624. The molecule has 0 N–H and O–H groups in total. The van der Waals surface area contributed by atoms with Gasteiger partial charge in [-0.25, -0.2) is 0 Å². The summed E-state index contributed by atoms with van der Waals surface area (Å²) in [5.41, 5.74) is 0.806. The highest BCUT2D eigenvalue weighted by molar-refractivity contribution is 8.26. The second-order valence-electron chi connectivity index (χ2n) is 4.76. The van der Waals surface area contributed by atoms with Crippen LogP contribution in [0.5, 0.6) is 0 Å². The van der Waals surface area contributed by atoms with E-state index in [0.717, 1.165) is 0 Å². The van der Waals surface area contributed by atoms with Crippen LogP contribution in [0.1, 0.15) is 21.7 Å². The van der Waals surface area contributed by atoms with E-state index >= 15 is 0 Å². The molecule has 23 heavy (non-hydrogen) atoms. The Balaban J connectivity index is 1.79. The van der Waals surface area contributed by atoms with Crippen LogP contribution in [0.4, 0.5) is 0 Å². The van der Waals surface area contributed by atoms with Crippen LogP contribution in [-0.4, -0.2) is 21.1 Å². The van der Waals surface area contributed by atoms with Crippen LogP contribution < -0.4 is 5.11 Å². The van der Waals surface area contributed by atoms with Crippen LogP contribution in [0.2, 0.25) is 0 Å². The Morgan fingerprint density at radius 1 is 1.30 bits per heavy atom. The summed E-state index contributed by atoms with van der Waals surface area (Å²) < 4.78 is 5.70. The van der Waals surface area contributed by atoms with E-state index in [9.17, 15) is 14.7 Å². The average molecular weight is 344 g/mol. The minimum atomic E-state index is -1.23. The van der Waals surface area contributed by atoms with Crippen molar-refractivity contribution >= 4 is 46.3 Å². The monoisotopic (exact) mass is 344 g/mol. The smallest absolute Gasteiger partial charge is 0.266 e. The van der Waals surface area contributed by atoms with E-state index in [1.165, 1.54) is 28.8 Å². The van der Waals surface area contributed by atoms with Gasteiger partial charge in [0.1, 0.15) is 10.1 Å². The minimum Gasteiger partial charge on any atom is -0.545 e. The second kappa shape index (κ2) is 6.39. The molecule has 0 unspecified atom stereocenters. The number of benzene rings is 1. The van der Waals surface area contributed by atoms with E-state index in [4.69, 9.17) is 16.6 Å². The molecule has 5 nitrogen and oxygen atoms in total. The molecule has 2 aromatic rings.